The van der Waals surface area contributed by atoms with Crippen LogP contribution in [0.5, 0.6) is 5.75 Å². The fraction of sp³-hybridized carbons (Fsp3) is 0.625. The van der Waals surface area contributed by atoms with E-state index in [1.54, 1.807) is 0 Å². The lowest BCUT2D eigenvalue weighted by Gasteiger charge is -2.36. The first-order chi connectivity index (χ1) is 9.60. The summed E-state index contributed by atoms with van der Waals surface area (Å²) in [5, 5.41) is -0.0600. The Kier molecular flexibility index (Phi) is 5.70. The molecule has 1 aromatic rings. The van der Waals surface area contributed by atoms with Crippen LogP contribution in [-0.4, -0.2) is 43.3 Å². The Morgan fingerprint density at radius 1 is 1.30 bits per heavy atom. The number of rotatable bonds is 5. The summed E-state index contributed by atoms with van der Waals surface area (Å²) in [4.78, 5) is 2.37. The largest absolute Gasteiger partial charge is 0.494 e. The molecule has 1 fully saturated rings. The second kappa shape index (κ2) is 7.30. The van der Waals surface area contributed by atoms with Gasteiger partial charge < -0.3 is 9.47 Å². The SMILES string of the molecule is CCOc1ccccc1C(Cl)CN1CC(C)OC(C)C1. The maximum atomic E-state index is 6.61. The van der Waals surface area contributed by atoms with Crippen molar-refractivity contribution in [3.63, 3.8) is 0 Å². The molecule has 0 radical (unpaired) electrons. The van der Waals surface area contributed by atoms with Gasteiger partial charge in [0.1, 0.15) is 5.75 Å². The van der Waals surface area contributed by atoms with E-state index in [-0.39, 0.29) is 17.6 Å². The Morgan fingerprint density at radius 3 is 2.60 bits per heavy atom. The second-order valence-electron chi connectivity index (χ2n) is 5.41. The smallest absolute Gasteiger partial charge is 0.124 e. The summed E-state index contributed by atoms with van der Waals surface area (Å²) >= 11 is 6.61. The van der Waals surface area contributed by atoms with Crippen LogP contribution in [0.4, 0.5) is 0 Å². The quantitative estimate of drug-likeness (QED) is 0.777. The van der Waals surface area contributed by atoms with E-state index >= 15 is 0 Å². The zero-order valence-electron chi connectivity index (χ0n) is 12.5. The molecule has 2 rings (SSSR count). The van der Waals surface area contributed by atoms with Crippen molar-refractivity contribution in [1.29, 1.82) is 0 Å². The normalized spacial score (nSPS) is 25.4. The molecular formula is C16H24ClNO2. The molecule has 3 unspecified atom stereocenters. The van der Waals surface area contributed by atoms with Crippen LogP contribution in [-0.2, 0) is 4.74 Å². The van der Waals surface area contributed by atoms with Gasteiger partial charge in [0.25, 0.3) is 0 Å². The monoisotopic (exact) mass is 297 g/mol. The van der Waals surface area contributed by atoms with E-state index in [1.165, 1.54) is 0 Å². The number of alkyl halides is 1. The van der Waals surface area contributed by atoms with E-state index in [1.807, 2.05) is 25.1 Å². The number of hydrogen-bond acceptors (Lipinski definition) is 3. The molecule has 0 saturated carbocycles. The summed E-state index contributed by atoms with van der Waals surface area (Å²) in [6.45, 7) is 9.57. The minimum atomic E-state index is -0.0600. The maximum absolute atomic E-state index is 6.61. The zero-order chi connectivity index (χ0) is 14.5. The van der Waals surface area contributed by atoms with E-state index in [0.29, 0.717) is 6.61 Å². The van der Waals surface area contributed by atoms with Crippen LogP contribution in [0.25, 0.3) is 0 Å². The zero-order valence-corrected chi connectivity index (χ0v) is 13.3. The van der Waals surface area contributed by atoms with Crippen molar-refractivity contribution in [2.45, 2.75) is 38.4 Å². The topological polar surface area (TPSA) is 21.7 Å². The number of morpholine rings is 1. The van der Waals surface area contributed by atoms with Crippen molar-refractivity contribution in [2.75, 3.05) is 26.2 Å². The molecule has 0 spiro atoms. The van der Waals surface area contributed by atoms with E-state index in [4.69, 9.17) is 21.1 Å². The van der Waals surface area contributed by atoms with Gasteiger partial charge in [0.05, 0.1) is 24.2 Å². The Morgan fingerprint density at radius 2 is 1.95 bits per heavy atom. The molecule has 3 nitrogen and oxygen atoms in total. The highest BCUT2D eigenvalue weighted by Crippen LogP contribution is 2.31. The van der Waals surface area contributed by atoms with Gasteiger partial charge in [0.2, 0.25) is 0 Å². The highest BCUT2D eigenvalue weighted by molar-refractivity contribution is 6.21. The molecule has 0 bridgehead atoms. The Hall–Kier alpha value is -0.770. The van der Waals surface area contributed by atoms with Gasteiger partial charge in [0.15, 0.2) is 0 Å². The van der Waals surface area contributed by atoms with Crippen molar-refractivity contribution in [1.82, 2.24) is 4.90 Å². The number of hydrogen-bond donors (Lipinski definition) is 0. The summed E-state index contributed by atoms with van der Waals surface area (Å²) in [6.07, 6.45) is 0.537. The lowest BCUT2D eigenvalue weighted by molar-refractivity contribution is -0.0678. The van der Waals surface area contributed by atoms with Crippen LogP contribution in [0.1, 0.15) is 31.7 Å². The molecule has 4 heteroatoms. The van der Waals surface area contributed by atoms with E-state index in [0.717, 1.165) is 30.9 Å². The van der Waals surface area contributed by atoms with Crippen LogP contribution in [0.3, 0.4) is 0 Å². The molecule has 1 aliphatic heterocycles. The molecular weight excluding hydrogens is 274 g/mol. The van der Waals surface area contributed by atoms with Gasteiger partial charge in [0, 0.05) is 25.2 Å². The molecule has 1 aliphatic rings. The molecule has 0 N–H and O–H groups in total. The number of nitrogens with zero attached hydrogens (tertiary/aromatic N) is 1. The molecule has 1 aromatic carbocycles. The number of halogens is 1. The Labute approximate surface area is 126 Å². The average molecular weight is 298 g/mol. The van der Waals surface area contributed by atoms with E-state index in [9.17, 15) is 0 Å². The summed E-state index contributed by atoms with van der Waals surface area (Å²) in [5.74, 6) is 0.893. The van der Waals surface area contributed by atoms with Gasteiger partial charge >= 0.3 is 0 Å². The summed E-state index contributed by atoms with van der Waals surface area (Å²) in [6, 6.07) is 8.03. The molecule has 1 saturated heterocycles. The average Bonchev–Trinajstić information content (AvgIpc) is 2.38. The summed E-state index contributed by atoms with van der Waals surface area (Å²) < 4.78 is 11.4. The van der Waals surface area contributed by atoms with E-state index in [2.05, 4.69) is 24.8 Å². The highest BCUT2D eigenvalue weighted by atomic mass is 35.5. The molecule has 3 atom stereocenters. The predicted molar refractivity (Wildman–Crippen MR) is 82.7 cm³/mol. The highest BCUT2D eigenvalue weighted by Gasteiger charge is 2.25. The van der Waals surface area contributed by atoms with Crippen LogP contribution < -0.4 is 4.74 Å². The Balaban J connectivity index is 2.02. The van der Waals surface area contributed by atoms with Gasteiger partial charge in [-0.2, -0.15) is 0 Å². The maximum Gasteiger partial charge on any atom is 0.124 e. The Bertz CT molecular complexity index is 417. The molecule has 1 heterocycles. The van der Waals surface area contributed by atoms with Crippen molar-refractivity contribution in [3.8, 4) is 5.75 Å². The van der Waals surface area contributed by atoms with Gasteiger partial charge in [-0.3, -0.25) is 4.90 Å². The van der Waals surface area contributed by atoms with Crippen molar-refractivity contribution in [3.05, 3.63) is 29.8 Å². The fourth-order valence-corrected chi connectivity index (χ4v) is 3.16. The first-order valence-corrected chi connectivity index (χ1v) is 7.77. The lowest BCUT2D eigenvalue weighted by atomic mass is 10.1. The van der Waals surface area contributed by atoms with Gasteiger partial charge in [-0.25, -0.2) is 0 Å². The van der Waals surface area contributed by atoms with Gasteiger partial charge in [-0.05, 0) is 26.8 Å². The van der Waals surface area contributed by atoms with Crippen molar-refractivity contribution in [2.24, 2.45) is 0 Å². The van der Waals surface area contributed by atoms with Crippen molar-refractivity contribution < 1.29 is 9.47 Å². The minimum Gasteiger partial charge on any atom is -0.494 e. The second-order valence-corrected chi connectivity index (χ2v) is 5.94. The molecule has 0 aliphatic carbocycles. The third-order valence-corrected chi connectivity index (χ3v) is 3.84. The third kappa shape index (κ3) is 4.11. The van der Waals surface area contributed by atoms with Gasteiger partial charge in [-0.1, -0.05) is 18.2 Å². The summed E-state index contributed by atoms with van der Waals surface area (Å²) in [7, 11) is 0. The van der Waals surface area contributed by atoms with Crippen LogP contribution in [0.15, 0.2) is 24.3 Å². The van der Waals surface area contributed by atoms with Gasteiger partial charge in [-0.15, -0.1) is 11.6 Å². The first-order valence-electron chi connectivity index (χ1n) is 7.33. The molecule has 112 valence electrons. The number of ether oxygens (including phenoxy) is 2. The molecule has 20 heavy (non-hydrogen) atoms. The third-order valence-electron chi connectivity index (χ3n) is 3.47. The number of para-hydroxylation sites is 1. The molecule has 0 amide bonds. The molecule has 0 aromatic heterocycles. The predicted octanol–water partition coefficient (Wildman–Crippen LogP) is 3.47. The number of benzene rings is 1. The van der Waals surface area contributed by atoms with Crippen LogP contribution in [0, 0.1) is 0 Å². The summed E-state index contributed by atoms with van der Waals surface area (Å²) in [5.41, 5.74) is 1.07. The lowest BCUT2D eigenvalue weighted by Crippen LogP contribution is -2.46. The van der Waals surface area contributed by atoms with E-state index < -0.39 is 0 Å². The standard InChI is InChI=1S/C16H24ClNO2/c1-4-19-16-8-6-5-7-14(16)15(17)11-18-9-12(2)20-13(3)10-18/h5-8,12-13,15H,4,9-11H2,1-3H3. The van der Waals surface area contributed by atoms with Crippen LogP contribution >= 0.6 is 11.6 Å². The van der Waals surface area contributed by atoms with Crippen LogP contribution in [0.2, 0.25) is 0 Å². The first kappa shape index (κ1) is 15.6. The fourth-order valence-electron chi connectivity index (χ4n) is 2.78. The van der Waals surface area contributed by atoms with Crippen molar-refractivity contribution >= 4 is 11.6 Å². The minimum absolute atomic E-state index is 0.0600.